The zero-order chi connectivity index (χ0) is 28.5. The fraction of sp³-hybridized carbons (Fsp3) is 0.226. The number of nitrogens with one attached hydrogen (secondary N) is 1. The van der Waals surface area contributed by atoms with Gasteiger partial charge in [0.1, 0.15) is 11.8 Å². The molecule has 40 heavy (non-hydrogen) atoms. The molecule has 0 fully saturated rings. The average molecular weight is 574 g/mol. The van der Waals surface area contributed by atoms with Crippen LogP contribution in [-0.2, 0) is 26.5 Å². The Bertz CT molecular complexity index is 1550. The zero-order valence-electron chi connectivity index (χ0n) is 22.6. The van der Waals surface area contributed by atoms with Crippen LogP contribution < -0.4 is 5.56 Å². The Balaban J connectivity index is 0.000000202. The van der Waals surface area contributed by atoms with E-state index >= 15 is 0 Å². The molecule has 1 N–H and O–H groups in total. The van der Waals surface area contributed by atoms with E-state index in [0.717, 1.165) is 39.0 Å². The summed E-state index contributed by atoms with van der Waals surface area (Å²) in [6, 6.07) is 27.8. The summed E-state index contributed by atoms with van der Waals surface area (Å²) < 4.78 is 6.11. The van der Waals surface area contributed by atoms with E-state index in [1.165, 1.54) is 23.8 Å². The molecule has 4 aromatic rings. The van der Waals surface area contributed by atoms with Crippen molar-refractivity contribution in [1.82, 2.24) is 9.78 Å². The molecule has 7 nitrogen and oxygen atoms in total. The van der Waals surface area contributed by atoms with Crippen LogP contribution >= 0.6 is 23.5 Å². The van der Waals surface area contributed by atoms with Crippen LogP contribution in [0.5, 0.6) is 0 Å². The molecule has 1 aliphatic rings. The molecule has 1 aliphatic heterocycles. The van der Waals surface area contributed by atoms with Gasteiger partial charge in [0.2, 0.25) is 0 Å². The van der Waals surface area contributed by atoms with Gasteiger partial charge in [-0.2, -0.15) is 0 Å². The number of para-hydroxylation sites is 1. The number of carbonyl (C=O) groups is 2. The van der Waals surface area contributed by atoms with E-state index in [9.17, 15) is 14.4 Å². The van der Waals surface area contributed by atoms with Gasteiger partial charge in [0.15, 0.2) is 5.78 Å². The van der Waals surface area contributed by atoms with Crippen molar-refractivity contribution in [3.8, 4) is 0 Å². The molecule has 0 spiro atoms. The van der Waals surface area contributed by atoms with Crippen molar-refractivity contribution in [2.75, 3.05) is 12.9 Å². The zero-order valence-corrected chi connectivity index (χ0v) is 24.3. The fourth-order valence-corrected chi connectivity index (χ4v) is 5.76. The third-order valence-corrected chi connectivity index (χ3v) is 8.43. The maximum atomic E-state index is 12.6. The SMILES string of the molecule is COC(=O)C(C)C(=O)CSc1ccccc1.Cc1c(CSc2ccccc2)[nH]n(C2=Nc3ccccc3C2)c1=O. The minimum Gasteiger partial charge on any atom is -0.468 e. The molecule has 0 aliphatic carbocycles. The van der Waals surface area contributed by atoms with Gasteiger partial charge >= 0.3 is 5.97 Å². The van der Waals surface area contributed by atoms with Crippen LogP contribution in [0.1, 0.15) is 23.7 Å². The molecule has 9 heteroatoms. The minimum absolute atomic E-state index is 0.00906. The lowest BCUT2D eigenvalue weighted by Crippen LogP contribution is -2.26. The quantitative estimate of drug-likeness (QED) is 0.156. The smallest absolute Gasteiger partial charge is 0.315 e. The van der Waals surface area contributed by atoms with Gasteiger partial charge in [-0.25, -0.2) is 9.67 Å². The fourth-order valence-electron chi connectivity index (χ4n) is 3.91. The van der Waals surface area contributed by atoms with Crippen molar-refractivity contribution in [1.29, 1.82) is 0 Å². The molecule has 0 saturated heterocycles. The third kappa shape index (κ3) is 7.43. The van der Waals surface area contributed by atoms with E-state index in [-0.39, 0.29) is 11.3 Å². The number of thioether (sulfide) groups is 2. The minimum atomic E-state index is -0.679. The summed E-state index contributed by atoms with van der Waals surface area (Å²) in [5.74, 6) is 0.527. The number of ketones is 1. The van der Waals surface area contributed by atoms with Gasteiger partial charge in [0.05, 0.1) is 24.2 Å². The van der Waals surface area contributed by atoms with Crippen LogP contribution in [0.2, 0.25) is 0 Å². The molecule has 0 saturated carbocycles. The van der Waals surface area contributed by atoms with Crippen LogP contribution in [-0.4, -0.2) is 40.2 Å². The highest BCUT2D eigenvalue weighted by Crippen LogP contribution is 2.27. The number of carbonyl (C=O) groups excluding carboxylic acids is 2. The number of nitrogens with zero attached hydrogens (tertiary/aromatic N) is 2. The van der Waals surface area contributed by atoms with Crippen molar-refractivity contribution in [2.45, 2.75) is 35.8 Å². The number of hydrogen-bond acceptors (Lipinski definition) is 7. The first-order valence-electron chi connectivity index (χ1n) is 12.8. The first-order valence-corrected chi connectivity index (χ1v) is 14.8. The highest BCUT2D eigenvalue weighted by atomic mass is 32.2. The highest BCUT2D eigenvalue weighted by molar-refractivity contribution is 8.00. The molecule has 0 bridgehead atoms. The number of H-pyrrole nitrogens is 1. The Morgan fingerprint density at radius 1 is 0.950 bits per heavy atom. The molecule has 206 valence electrons. The second kappa shape index (κ2) is 14.0. The van der Waals surface area contributed by atoms with Crippen LogP contribution in [0, 0.1) is 12.8 Å². The average Bonchev–Trinajstić information content (AvgIpc) is 3.55. The summed E-state index contributed by atoms with van der Waals surface area (Å²) >= 11 is 3.14. The number of Topliss-reactive ketones (excluding diaryl/α,β-unsaturated/α-hetero) is 1. The second-order valence-corrected chi connectivity index (χ2v) is 11.2. The Kier molecular flexibility index (Phi) is 10.2. The lowest BCUT2D eigenvalue weighted by molar-refractivity contribution is -0.148. The van der Waals surface area contributed by atoms with E-state index in [2.05, 4.69) is 33.0 Å². The van der Waals surface area contributed by atoms with E-state index in [4.69, 9.17) is 0 Å². The standard InChI is InChI=1S/C19H17N3OS.C12H14O3S/c1-13-17(12-24-15-8-3-2-4-9-15)21-22(19(13)23)18-11-14-7-5-6-10-16(14)20-18;1-9(12(14)15-2)11(13)8-16-10-6-4-3-5-7-10/h2-10,21H,11-12H2,1H3;3-7,9H,8H2,1-2H3. The van der Waals surface area contributed by atoms with Crippen molar-refractivity contribution >= 4 is 46.8 Å². The van der Waals surface area contributed by atoms with Crippen LogP contribution in [0.4, 0.5) is 5.69 Å². The van der Waals surface area contributed by atoms with Crippen LogP contribution in [0.25, 0.3) is 0 Å². The van der Waals surface area contributed by atoms with Gasteiger partial charge in [-0.05, 0) is 49.7 Å². The molecular weight excluding hydrogens is 542 g/mol. The summed E-state index contributed by atoms with van der Waals surface area (Å²) in [4.78, 5) is 42.1. The second-order valence-electron chi connectivity index (χ2n) is 9.10. The molecule has 2 heterocycles. The van der Waals surface area contributed by atoms with E-state index in [1.54, 1.807) is 23.4 Å². The normalized spacial score (nSPS) is 12.5. The molecule has 0 radical (unpaired) electrons. The number of aromatic amines is 1. The first-order chi connectivity index (χ1) is 19.4. The topological polar surface area (TPSA) is 93.5 Å². The lowest BCUT2D eigenvalue weighted by atomic mass is 10.1. The Hall–Kier alpha value is -3.82. The maximum absolute atomic E-state index is 12.6. The van der Waals surface area contributed by atoms with E-state index in [0.29, 0.717) is 12.2 Å². The third-order valence-electron chi connectivity index (χ3n) is 6.36. The highest BCUT2D eigenvalue weighted by Gasteiger charge is 2.22. The molecule has 1 atom stereocenters. The molecule has 0 amide bonds. The summed E-state index contributed by atoms with van der Waals surface area (Å²) in [6.45, 7) is 3.44. The summed E-state index contributed by atoms with van der Waals surface area (Å²) in [7, 11) is 1.29. The molecule has 5 rings (SSSR count). The Morgan fingerprint density at radius 2 is 1.55 bits per heavy atom. The van der Waals surface area contributed by atoms with Gasteiger partial charge < -0.3 is 4.74 Å². The van der Waals surface area contributed by atoms with Crippen molar-refractivity contribution in [3.63, 3.8) is 0 Å². The molecule has 3 aromatic carbocycles. The maximum Gasteiger partial charge on any atom is 0.315 e. The van der Waals surface area contributed by atoms with Gasteiger partial charge in [0.25, 0.3) is 5.56 Å². The predicted molar refractivity (Wildman–Crippen MR) is 162 cm³/mol. The summed E-state index contributed by atoms with van der Waals surface area (Å²) in [6.07, 6.45) is 0.682. The van der Waals surface area contributed by atoms with Crippen molar-refractivity contribution in [3.05, 3.63) is 112 Å². The molecule has 1 aromatic heterocycles. The molecular formula is C31H31N3O4S2. The van der Waals surface area contributed by atoms with Gasteiger partial charge in [-0.15, -0.1) is 23.5 Å². The summed E-state index contributed by atoms with van der Waals surface area (Å²) in [5, 5.41) is 3.25. The number of benzene rings is 3. The largest absolute Gasteiger partial charge is 0.468 e. The molecule has 1 unspecified atom stereocenters. The first kappa shape index (κ1) is 29.2. The van der Waals surface area contributed by atoms with E-state index in [1.807, 2.05) is 73.7 Å². The summed E-state index contributed by atoms with van der Waals surface area (Å²) in [5.41, 5.74) is 3.81. The van der Waals surface area contributed by atoms with Gasteiger partial charge in [-0.3, -0.25) is 19.5 Å². The van der Waals surface area contributed by atoms with Crippen molar-refractivity contribution < 1.29 is 14.3 Å². The number of aliphatic imine (C=N–C) groups is 1. The predicted octanol–water partition coefficient (Wildman–Crippen LogP) is 6.07. The lowest BCUT2D eigenvalue weighted by Gasteiger charge is -2.07. The van der Waals surface area contributed by atoms with Crippen LogP contribution in [0.15, 0.2) is 105 Å². The number of methoxy groups -OCH3 is 1. The number of esters is 1. The Morgan fingerprint density at radius 3 is 2.17 bits per heavy atom. The number of fused-ring (bicyclic) bond motifs is 1. The number of ether oxygens (including phenoxy) is 1. The van der Waals surface area contributed by atoms with Crippen molar-refractivity contribution in [2.24, 2.45) is 10.9 Å². The van der Waals surface area contributed by atoms with E-state index < -0.39 is 11.9 Å². The Labute approximate surface area is 242 Å². The monoisotopic (exact) mass is 573 g/mol. The number of rotatable bonds is 8. The van der Waals surface area contributed by atoms with Crippen LogP contribution in [0.3, 0.4) is 0 Å². The number of hydrogen-bond donors (Lipinski definition) is 1. The van der Waals surface area contributed by atoms with Gasteiger partial charge in [-0.1, -0.05) is 54.6 Å². The van der Waals surface area contributed by atoms with Gasteiger partial charge in [0, 0.05) is 27.5 Å². The number of aromatic nitrogens is 2.